The van der Waals surface area contributed by atoms with Crippen LogP contribution in [0.15, 0.2) is 72.8 Å². The maximum Gasteiger partial charge on any atom is 0.342 e. The molecule has 0 saturated carbocycles. The largest absolute Gasteiger partial charge is 0.497 e. The average molecular weight is 406 g/mol. The third kappa shape index (κ3) is 5.17. The van der Waals surface area contributed by atoms with Gasteiger partial charge in [-0.3, -0.25) is 4.79 Å². The first-order valence-corrected chi connectivity index (χ1v) is 9.30. The third-order valence-corrected chi connectivity index (χ3v) is 4.39. The summed E-state index contributed by atoms with van der Waals surface area (Å²) in [6, 6.07) is 21.2. The number of carbonyl (C=O) groups excluding carboxylic acids is 2. The summed E-state index contributed by atoms with van der Waals surface area (Å²) in [6.45, 7) is -0.109. The smallest absolute Gasteiger partial charge is 0.342 e. The molecule has 0 aliphatic rings. The van der Waals surface area contributed by atoms with E-state index in [-0.39, 0.29) is 11.3 Å². The van der Waals surface area contributed by atoms with Gasteiger partial charge in [0, 0.05) is 6.07 Å². The second-order valence-corrected chi connectivity index (χ2v) is 6.34. The summed E-state index contributed by atoms with van der Waals surface area (Å²) in [5.41, 5.74) is 1.53. The molecule has 0 bridgehead atoms. The SMILES string of the molecule is COc1ccc(C(=O)COC(=O)c2ccccc2OCc2ccccc2)c(OC)c1. The molecule has 0 unspecified atom stereocenters. The molecule has 0 fully saturated rings. The van der Waals surface area contributed by atoms with Crippen molar-refractivity contribution in [2.45, 2.75) is 6.61 Å². The molecule has 30 heavy (non-hydrogen) atoms. The van der Waals surface area contributed by atoms with Crippen LogP contribution in [-0.4, -0.2) is 32.6 Å². The number of hydrogen-bond donors (Lipinski definition) is 0. The van der Waals surface area contributed by atoms with Gasteiger partial charge >= 0.3 is 5.97 Å². The molecule has 0 atom stereocenters. The summed E-state index contributed by atoms with van der Waals surface area (Å²) in [5, 5.41) is 0. The van der Waals surface area contributed by atoms with E-state index < -0.39 is 12.6 Å². The molecular weight excluding hydrogens is 384 g/mol. The Morgan fingerprint density at radius 3 is 2.23 bits per heavy atom. The second kappa shape index (κ2) is 10.1. The fraction of sp³-hybridized carbons (Fsp3) is 0.167. The van der Waals surface area contributed by atoms with E-state index in [4.69, 9.17) is 18.9 Å². The van der Waals surface area contributed by atoms with Gasteiger partial charge in [0.1, 0.15) is 29.4 Å². The van der Waals surface area contributed by atoms with E-state index in [0.29, 0.717) is 29.4 Å². The number of Topliss-reactive ketones (excluding diaryl/α,β-unsaturated/α-hetero) is 1. The molecule has 0 aliphatic carbocycles. The Labute approximate surface area is 175 Å². The minimum absolute atomic E-state index is 0.253. The zero-order chi connectivity index (χ0) is 21.3. The first kappa shape index (κ1) is 20.9. The zero-order valence-corrected chi connectivity index (χ0v) is 16.8. The van der Waals surface area contributed by atoms with Crippen molar-refractivity contribution in [3.63, 3.8) is 0 Å². The van der Waals surface area contributed by atoms with Gasteiger partial charge in [0.2, 0.25) is 5.78 Å². The maximum atomic E-state index is 12.6. The number of para-hydroxylation sites is 1. The van der Waals surface area contributed by atoms with Crippen LogP contribution in [-0.2, 0) is 11.3 Å². The van der Waals surface area contributed by atoms with Crippen LogP contribution in [0.1, 0.15) is 26.3 Å². The molecule has 0 radical (unpaired) electrons. The van der Waals surface area contributed by atoms with Crippen molar-refractivity contribution >= 4 is 11.8 Å². The Bertz CT molecular complexity index is 1010. The highest BCUT2D eigenvalue weighted by molar-refractivity contribution is 6.02. The quantitative estimate of drug-likeness (QED) is 0.389. The second-order valence-electron chi connectivity index (χ2n) is 6.34. The lowest BCUT2D eigenvalue weighted by molar-refractivity contribution is 0.0469. The normalized spacial score (nSPS) is 10.2. The number of ketones is 1. The van der Waals surface area contributed by atoms with E-state index in [2.05, 4.69) is 0 Å². The number of benzene rings is 3. The van der Waals surface area contributed by atoms with Crippen LogP contribution < -0.4 is 14.2 Å². The van der Waals surface area contributed by atoms with Gasteiger partial charge in [-0.2, -0.15) is 0 Å². The summed E-state index contributed by atoms with van der Waals surface area (Å²) in [7, 11) is 2.98. The Morgan fingerprint density at radius 2 is 1.50 bits per heavy atom. The van der Waals surface area contributed by atoms with Crippen molar-refractivity contribution in [3.05, 3.63) is 89.5 Å². The van der Waals surface area contributed by atoms with E-state index in [1.165, 1.54) is 14.2 Å². The van der Waals surface area contributed by atoms with Gasteiger partial charge in [-0.05, 0) is 29.8 Å². The first-order chi connectivity index (χ1) is 14.6. The first-order valence-electron chi connectivity index (χ1n) is 9.30. The van der Waals surface area contributed by atoms with Gasteiger partial charge in [0.05, 0.1) is 19.8 Å². The van der Waals surface area contributed by atoms with E-state index in [0.717, 1.165) is 5.56 Å². The van der Waals surface area contributed by atoms with Crippen LogP contribution in [0.3, 0.4) is 0 Å². The van der Waals surface area contributed by atoms with Crippen molar-refractivity contribution in [2.24, 2.45) is 0 Å². The molecule has 0 N–H and O–H groups in total. The van der Waals surface area contributed by atoms with Gasteiger partial charge in [0.25, 0.3) is 0 Å². The number of carbonyl (C=O) groups is 2. The summed E-state index contributed by atoms with van der Waals surface area (Å²) < 4.78 is 21.4. The summed E-state index contributed by atoms with van der Waals surface area (Å²) >= 11 is 0. The van der Waals surface area contributed by atoms with Crippen molar-refractivity contribution < 1.29 is 28.5 Å². The summed E-state index contributed by atoms with van der Waals surface area (Å²) in [6.07, 6.45) is 0. The standard InChI is InChI=1S/C24H22O6/c1-27-18-12-13-19(23(14-18)28-2)21(25)16-30-24(26)20-10-6-7-11-22(20)29-15-17-8-4-3-5-9-17/h3-14H,15-16H2,1-2H3. The minimum Gasteiger partial charge on any atom is -0.497 e. The molecule has 0 heterocycles. The molecule has 6 heteroatoms. The Hall–Kier alpha value is -3.80. The number of ether oxygens (including phenoxy) is 4. The molecule has 0 spiro atoms. The number of esters is 1. The maximum absolute atomic E-state index is 12.6. The Kier molecular flexibility index (Phi) is 7.05. The van der Waals surface area contributed by atoms with Crippen LogP contribution >= 0.6 is 0 Å². The molecule has 0 aliphatic heterocycles. The summed E-state index contributed by atoms with van der Waals surface area (Å²) in [5.74, 6) is 0.276. The molecular formula is C24H22O6. The Morgan fingerprint density at radius 1 is 0.767 bits per heavy atom. The molecule has 0 aromatic heterocycles. The zero-order valence-electron chi connectivity index (χ0n) is 16.8. The molecule has 3 aromatic rings. The Balaban J connectivity index is 1.66. The molecule has 6 nitrogen and oxygen atoms in total. The van der Waals surface area contributed by atoms with Crippen LogP contribution in [0.4, 0.5) is 0 Å². The molecule has 3 rings (SSSR count). The average Bonchev–Trinajstić information content (AvgIpc) is 2.81. The van der Waals surface area contributed by atoms with Gasteiger partial charge in [-0.25, -0.2) is 4.79 Å². The predicted molar refractivity (Wildman–Crippen MR) is 111 cm³/mol. The van der Waals surface area contributed by atoms with Crippen molar-refractivity contribution in [3.8, 4) is 17.2 Å². The fourth-order valence-corrected chi connectivity index (χ4v) is 2.81. The van der Waals surface area contributed by atoms with Crippen LogP contribution in [0, 0.1) is 0 Å². The number of rotatable bonds is 9. The van der Waals surface area contributed by atoms with Crippen molar-refractivity contribution in [1.29, 1.82) is 0 Å². The molecule has 3 aromatic carbocycles. The van der Waals surface area contributed by atoms with Gasteiger partial charge in [-0.15, -0.1) is 0 Å². The molecule has 154 valence electrons. The predicted octanol–water partition coefficient (Wildman–Crippen LogP) is 4.32. The third-order valence-electron chi connectivity index (χ3n) is 4.39. The highest BCUT2D eigenvalue weighted by Gasteiger charge is 2.18. The topological polar surface area (TPSA) is 71.1 Å². The van der Waals surface area contributed by atoms with Crippen molar-refractivity contribution in [2.75, 3.05) is 20.8 Å². The van der Waals surface area contributed by atoms with Gasteiger partial charge in [-0.1, -0.05) is 42.5 Å². The number of hydrogen-bond acceptors (Lipinski definition) is 6. The van der Waals surface area contributed by atoms with E-state index in [1.54, 1.807) is 42.5 Å². The van der Waals surface area contributed by atoms with E-state index in [9.17, 15) is 9.59 Å². The van der Waals surface area contributed by atoms with Crippen LogP contribution in [0.2, 0.25) is 0 Å². The highest BCUT2D eigenvalue weighted by Crippen LogP contribution is 2.25. The van der Waals surface area contributed by atoms with Crippen LogP contribution in [0.25, 0.3) is 0 Å². The van der Waals surface area contributed by atoms with Crippen molar-refractivity contribution in [1.82, 2.24) is 0 Å². The van der Waals surface area contributed by atoms with Gasteiger partial charge in [0.15, 0.2) is 6.61 Å². The lowest BCUT2D eigenvalue weighted by atomic mass is 10.1. The lowest BCUT2D eigenvalue weighted by Crippen LogP contribution is -2.16. The molecule has 0 amide bonds. The lowest BCUT2D eigenvalue weighted by Gasteiger charge is -2.12. The van der Waals surface area contributed by atoms with Gasteiger partial charge < -0.3 is 18.9 Å². The summed E-state index contributed by atoms with van der Waals surface area (Å²) in [4.78, 5) is 25.1. The van der Waals surface area contributed by atoms with Crippen LogP contribution in [0.5, 0.6) is 17.2 Å². The monoisotopic (exact) mass is 406 g/mol. The fourth-order valence-electron chi connectivity index (χ4n) is 2.81. The highest BCUT2D eigenvalue weighted by atomic mass is 16.5. The minimum atomic E-state index is -0.639. The van der Waals surface area contributed by atoms with E-state index in [1.807, 2.05) is 30.3 Å². The van der Waals surface area contributed by atoms with E-state index >= 15 is 0 Å². The number of methoxy groups -OCH3 is 2. The molecule has 0 saturated heterocycles.